The van der Waals surface area contributed by atoms with Crippen molar-refractivity contribution in [2.24, 2.45) is 0 Å². The van der Waals surface area contributed by atoms with Crippen LogP contribution >= 0.6 is 11.6 Å². The number of anilines is 1. The van der Waals surface area contributed by atoms with Crippen LogP contribution < -0.4 is 10.1 Å². The third kappa shape index (κ3) is 1.63. The number of rotatable bonds is 1. The second-order valence-electron chi connectivity index (χ2n) is 2.91. The van der Waals surface area contributed by atoms with Gasteiger partial charge in [-0.05, 0) is 24.3 Å². The van der Waals surface area contributed by atoms with Crippen molar-refractivity contribution in [2.45, 2.75) is 6.10 Å². The van der Waals surface area contributed by atoms with E-state index in [1.807, 2.05) is 18.2 Å². The summed E-state index contributed by atoms with van der Waals surface area (Å²) in [5.41, 5.74) is 0.950. The third-order valence-corrected chi connectivity index (χ3v) is 2.21. The van der Waals surface area contributed by atoms with Gasteiger partial charge >= 0.3 is 0 Å². The molecule has 0 saturated heterocycles. The molecule has 13 heavy (non-hydrogen) atoms. The number of benzene rings is 1. The first-order chi connectivity index (χ1) is 6.29. The summed E-state index contributed by atoms with van der Waals surface area (Å²) in [6.45, 7) is 4.43. The molecular weight excluding hydrogens is 186 g/mol. The SMILES string of the molecule is C=CC1CNc2cc(Cl)ccc2O1. The average Bonchev–Trinajstić information content (AvgIpc) is 2.17. The van der Waals surface area contributed by atoms with E-state index >= 15 is 0 Å². The molecule has 68 valence electrons. The molecule has 0 aliphatic carbocycles. The Labute approximate surface area is 82.2 Å². The number of hydrogen-bond acceptors (Lipinski definition) is 2. The van der Waals surface area contributed by atoms with Crippen LogP contribution in [0.4, 0.5) is 5.69 Å². The Morgan fingerprint density at radius 2 is 2.46 bits per heavy atom. The molecule has 2 rings (SSSR count). The molecule has 0 bridgehead atoms. The van der Waals surface area contributed by atoms with Crippen LogP contribution in [0.3, 0.4) is 0 Å². The predicted octanol–water partition coefficient (Wildman–Crippen LogP) is 2.70. The Bertz CT molecular complexity index is 338. The molecular formula is C10H10ClNO. The van der Waals surface area contributed by atoms with Crippen LogP contribution in [-0.2, 0) is 0 Å². The first-order valence-corrected chi connectivity index (χ1v) is 4.50. The molecule has 2 nitrogen and oxygen atoms in total. The summed E-state index contributed by atoms with van der Waals surface area (Å²) < 4.78 is 5.60. The molecule has 1 N–H and O–H groups in total. The summed E-state index contributed by atoms with van der Waals surface area (Å²) >= 11 is 5.83. The minimum atomic E-state index is 0.0497. The summed E-state index contributed by atoms with van der Waals surface area (Å²) in [7, 11) is 0. The zero-order chi connectivity index (χ0) is 9.26. The quantitative estimate of drug-likeness (QED) is 0.696. The number of ether oxygens (including phenoxy) is 1. The Morgan fingerprint density at radius 3 is 3.23 bits per heavy atom. The molecule has 0 amide bonds. The fourth-order valence-electron chi connectivity index (χ4n) is 1.29. The number of hydrogen-bond donors (Lipinski definition) is 1. The van der Waals surface area contributed by atoms with Crippen molar-refractivity contribution in [3.8, 4) is 5.75 Å². The van der Waals surface area contributed by atoms with Crippen molar-refractivity contribution >= 4 is 17.3 Å². The standard InChI is InChI=1S/C10H10ClNO/c1-2-8-6-12-9-5-7(11)3-4-10(9)13-8/h2-5,8,12H,1,6H2. The summed E-state index contributed by atoms with van der Waals surface area (Å²) in [5, 5.41) is 3.94. The largest absolute Gasteiger partial charge is 0.482 e. The lowest BCUT2D eigenvalue weighted by Gasteiger charge is -2.25. The normalized spacial score (nSPS) is 19.6. The van der Waals surface area contributed by atoms with Crippen molar-refractivity contribution < 1.29 is 4.74 Å². The van der Waals surface area contributed by atoms with Crippen molar-refractivity contribution in [2.75, 3.05) is 11.9 Å². The lowest BCUT2D eigenvalue weighted by atomic mass is 10.2. The van der Waals surface area contributed by atoms with Crippen molar-refractivity contribution in [1.82, 2.24) is 0 Å². The van der Waals surface area contributed by atoms with Gasteiger partial charge in [-0.3, -0.25) is 0 Å². The van der Waals surface area contributed by atoms with Gasteiger partial charge in [0.25, 0.3) is 0 Å². The number of halogens is 1. The van der Waals surface area contributed by atoms with Crippen molar-refractivity contribution in [3.05, 3.63) is 35.9 Å². The topological polar surface area (TPSA) is 21.3 Å². The van der Waals surface area contributed by atoms with Gasteiger partial charge in [-0.2, -0.15) is 0 Å². The Hall–Kier alpha value is -1.15. The monoisotopic (exact) mass is 195 g/mol. The zero-order valence-corrected chi connectivity index (χ0v) is 7.84. The first kappa shape index (κ1) is 8.45. The van der Waals surface area contributed by atoms with Gasteiger partial charge in [-0.1, -0.05) is 18.2 Å². The van der Waals surface area contributed by atoms with Crippen LogP contribution in [0, 0.1) is 0 Å². The molecule has 0 aromatic heterocycles. The van der Waals surface area contributed by atoms with Gasteiger partial charge in [0.1, 0.15) is 11.9 Å². The van der Waals surface area contributed by atoms with Gasteiger partial charge in [0.15, 0.2) is 0 Å². The third-order valence-electron chi connectivity index (χ3n) is 1.98. The smallest absolute Gasteiger partial charge is 0.143 e. The van der Waals surface area contributed by atoms with E-state index in [0.29, 0.717) is 5.02 Å². The molecule has 1 aromatic rings. The Balaban J connectivity index is 2.31. The van der Waals surface area contributed by atoms with Gasteiger partial charge < -0.3 is 10.1 Å². The fraction of sp³-hybridized carbons (Fsp3) is 0.200. The molecule has 1 unspecified atom stereocenters. The van der Waals surface area contributed by atoms with E-state index in [1.54, 1.807) is 6.08 Å². The second kappa shape index (κ2) is 3.30. The van der Waals surface area contributed by atoms with E-state index in [1.165, 1.54) is 0 Å². The van der Waals surface area contributed by atoms with Crippen LogP contribution in [-0.4, -0.2) is 12.6 Å². The van der Waals surface area contributed by atoms with E-state index < -0.39 is 0 Å². The zero-order valence-electron chi connectivity index (χ0n) is 7.09. The minimum absolute atomic E-state index is 0.0497. The van der Waals surface area contributed by atoms with Crippen LogP contribution in [0.25, 0.3) is 0 Å². The van der Waals surface area contributed by atoms with Crippen LogP contribution in [0.1, 0.15) is 0 Å². The number of fused-ring (bicyclic) bond motifs is 1. The maximum absolute atomic E-state index is 5.83. The molecule has 1 aliphatic rings. The van der Waals surface area contributed by atoms with Crippen LogP contribution in [0.15, 0.2) is 30.9 Å². The first-order valence-electron chi connectivity index (χ1n) is 4.12. The van der Waals surface area contributed by atoms with E-state index in [9.17, 15) is 0 Å². The molecule has 0 spiro atoms. The lowest BCUT2D eigenvalue weighted by Crippen LogP contribution is -2.28. The highest BCUT2D eigenvalue weighted by atomic mass is 35.5. The van der Waals surface area contributed by atoms with Gasteiger partial charge in [0.05, 0.1) is 12.2 Å². The van der Waals surface area contributed by atoms with Gasteiger partial charge in [-0.15, -0.1) is 0 Å². The molecule has 1 atom stereocenters. The highest BCUT2D eigenvalue weighted by Gasteiger charge is 2.15. The molecule has 1 aliphatic heterocycles. The molecule has 0 radical (unpaired) electrons. The molecule has 0 saturated carbocycles. The maximum atomic E-state index is 5.83. The molecule has 1 aromatic carbocycles. The second-order valence-corrected chi connectivity index (χ2v) is 3.35. The number of nitrogens with one attached hydrogen (secondary N) is 1. The van der Waals surface area contributed by atoms with Crippen LogP contribution in [0.5, 0.6) is 5.75 Å². The van der Waals surface area contributed by atoms with E-state index in [4.69, 9.17) is 16.3 Å². The summed E-state index contributed by atoms with van der Waals surface area (Å²) in [5.74, 6) is 0.834. The minimum Gasteiger partial charge on any atom is -0.482 e. The molecule has 1 heterocycles. The summed E-state index contributed by atoms with van der Waals surface area (Å²) in [6.07, 6.45) is 1.83. The van der Waals surface area contributed by atoms with Crippen LogP contribution in [0.2, 0.25) is 5.02 Å². The van der Waals surface area contributed by atoms with E-state index in [-0.39, 0.29) is 6.10 Å². The maximum Gasteiger partial charge on any atom is 0.143 e. The van der Waals surface area contributed by atoms with E-state index in [0.717, 1.165) is 18.0 Å². The lowest BCUT2D eigenvalue weighted by molar-refractivity contribution is 0.253. The van der Waals surface area contributed by atoms with Crippen molar-refractivity contribution in [1.29, 1.82) is 0 Å². The van der Waals surface area contributed by atoms with Crippen molar-refractivity contribution in [3.63, 3.8) is 0 Å². The fourth-order valence-corrected chi connectivity index (χ4v) is 1.46. The Morgan fingerprint density at radius 1 is 1.62 bits per heavy atom. The summed E-state index contributed by atoms with van der Waals surface area (Å²) in [6, 6.07) is 5.53. The average molecular weight is 196 g/mol. The van der Waals surface area contributed by atoms with Gasteiger partial charge in [0.2, 0.25) is 0 Å². The molecule has 0 fully saturated rings. The highest BCUT2D eigenvalue weighted by molar-refractivity contribution is 6.30. The highest BCUT2D eigenvalue weighted by Crippen LogP contribution is 2.31. The van der Waals surface area contributed by atoms with Gasteiger partial charge in [-0.25, -0.2) is 0 Å². The summed E-state index contributed by atoms with van der Waals surface area (Å²) in [4.78, 5) is 0. The van der Waals surface area contributed by atoms with E-state index in [2.05, 4.69) is 11.9 Å². The predicted molar refractivity (Wildman–Crippen MR) is 54.6 cm³/mol. The Kier molecular flexibility index (Phi) is 2.15. The van der Waals surface area contributed by atoms with Gasteiger partial charge in [0, 0.05) is 5.02 Å². The molecule has 3 heteroatoms.